The molecule has 0 aliphatic heterocycles. The van der Waals surface area contributed by atoms with E-state index in [1.807, 2.05) is 13.8 Å². The summed E-state index contributed by atoms with van der Waals surface area (Å²) in [5, 5.41) is 5.36. The molecule has 0 aromatic heterocycles. The average Bonchev–Trinajstić information content (AvgIpc) is 2.75. The third-order valence-corrected chi connectivity index (χ3v) is 4.55. The largest absolute Gasteiger partial charge is 0.492 e. The van der Waals surface area contributed by atoms with Gasteiger partial charge in [0.1, 0.15) is 11.6 Å². The van der Waals surface area contributed by atoms with E-state index in [0.29, 0.717) is 40.8 Å². The van der Waals surface area contributed by atoms with Crippen LogP contribution in [0.25, 0.3) is 0 Å². The Morgan fingerprint density at radius 1 is 0.935 bits per heavy atom. The second kappa shape index (κ2) is 10.1. The quantitative estimate of drug-likeness (QED) is 0.472. The number of benzene rings is 3. The number of rotatable bonds is 7. The highest BCUT2D eigenvalue weighted by molar-refractivity contribution is 6.31. The lowest BCUT2D eigenvalue weighted by molar-refractivity contribution is 0.101. The number of carbonyl (C=O) groups excluding carboxylic acids is 2. The summed E-state index contributed by atoms with van der Waals surface area (Å²) >= 11 is 5.75. The topological polar surface area (TPSA) is 67.4 Å². The summed E-state index contributed by atoms with van der Waals surface area (Å²) < 4.78 is 19.0. The Balaban J connectivity index is 1.72. The molecule has 3 aromatic carbocycles. The highest BCUT2D eigenvalue weighted by atomic mass is 35.5. The number of anilines is 2. The number of hydrogen-bond donors (Lipinski definition) is 2. The molecule has 7 heteroatoms. The van der Waals surface area contributed by atoms with Crippen molar-refractivity contribution >= 4 is 34.8 Å². The van der Waals surface area contributed by atoms with E-state index >= 15 is 0 Å². The van der Waals surface area contributed by atoms with Crippen molar-refractivity contribution in [2.75, 3.05) is 17.2 Å². The van der Waals surface area contributed by atoms with Crippen molar-refractivity contribution in [1.29, 1.82) is 0 Å². The molecular weight excluding hydrogens is 419 g/mol. The molecule has 0 fully saturated rings. The number of hydrogen-bond acceptors (Lipinski definition) is 3. The summed E-state index contributed by atoms with van der Waals surface area (Å²) in [5.74, 6) is -0.512. The van der Waals surface area contributed by atoms with Gasteiger partial charge in [0.25, 0.3) is 11.8 Å². The van der Waals surface area contributed by atoms with Gasteiger partial charge in [-0.3, -0.25) is 9.59 Å². The molecule has 0 unspecified atom stereocenters. The third-order valence-electron chi connectivity index (χ3n) is 4.26. The molecule has 2 N–H and O–H groups in total. The van der Waals surface area contributed by atoms with Crippen molar-refractivity contribution in [3.05, 3.63) is 88.7 Å². The predicted molar refractivity (Wildman–Crippen MR) is 121 cm³/mol. The first kappa shape index (κ1) is 22.3. The first-order valence-electron chi connectivity index (χ1n) is 9.73. The van der Waals surface area contributed by atoms with Gasteiger partial charge in [-0.2, -0.15) is 0 Å². The van der Waals surface area contributed by atoms with Crippen molar-refractivity contribution in [2.45, 2.75) is 13.8 Å². The van der Waals surface area contributed by atoms with E-state index in [9.17, 15) is 14.0 Å². The van der Waals surface area contributed by atoms with Crippen LogP contribution in [0.5, 0.6) is 5.75 Å². The summed E-state index contributed by atoms with van der Waals surface area (Å²) in [6, 6.07) is 17.4. The van der Waals surface area contributed by atoms with Crippen LogP contribution in [0.1, 0.15) is 34.6 Å². The smallest absolute Gasteiger partial charge is 0.259 e. The minimum absolute atomic E-state index is 0.0860. The first-order valence-corrected chi connectivity index (χ1v) is 10.1. The zero-order valence-electron chi connectivity index (χ0n) is 17.1. The summed E-state index contributed by atoms with van der Waals surface area (Å²) in [6.07, 6.45) is 0. The van der Waals surface area contributed by atoms with Crippen LogP contribution in [0.2, 0.25) is 5.02 Å². The van der Waals surface area contributed by atoms with Crippen molar-refractivity contribution in [1.82, 2.24) is 0 Å². The molecule has 31 heavy (non-hydrogen) atoms. The fraction of sp³-hybridized carbons (Fsp3) is 0.167. The van der Waals surface area contributed by atoms with Crippen LogP contribution >= 0.6 is 11.6 Å². The Kier molecular flexibility index (Phi) is 7.26. The highest BCUT2D eigenvalue weighted by Crippen LogP contribution is 2.22. The zero-order valence-corrected chi connectivity index (χ0v) is 17.9. The fourth-order valence-corrected chi connectivity index (χ4v) is 2.93. The summed E-state index contributed by atoms with van der Waals surface area (Å²) in [6.45, 7) is 4.55. The second-order valence-electron chi connectivity index (χ2n) is 7.32. The summed E-state index contributed by atoms with van der Waals surface area (Å²) in [7, 11) is 0. The van der Waals surface area contributed by atoms with Gasteiger partial charge in [-0.1, -0.05) is 43.6 Å². The maximum Gasteiger partial charge on any atom is 0.259 e. The van der Waals surface area contributed by atoms with Crippen LogP contribution in [0, 0.1) is 11.7 Å². The molecule has 0 saturated heterocycles. The lowest BCUT2D eigenvalue weighted by Gasteiger charge is -2.13. The zero-order chi connectivity index (χ0) is 22.4. The highest BCUT2D eigenvalue weighted by Gasteiger charge is 2.14. The molecular formula is C24H22ClFN2O3. The van der Waals surface area contributed by atoms with Crippen LogP contribution in [0.3, 0.4) is 0 Å². The van der Waals surface area contributed by atoms with E-state index in [0.717, 1.165) is 0 Å². The number of para-hydroxylation sites is 1. The summed E-state index contributed by atoms with van der Waals surface area (Å²) in [4.78, 5) is 25.3. The first-order chi connectivity index (χ1) is 14.8. The average molecular weight is 441 g/mol. The van der Waals surface area contributed by atoms with Crippen LogP contribution < -0.4 is 15.4 Å². The normalized spacial score (nSPS) is 10.6. The molecule has 0 bridgehead atoms. The molecule has 0 atom stereocenters. The van der Waals surface area contributed by atoms with E-state index in [1.165, 1.54) is 18.2 Å². The standard InChI is InChI=1S/C24H22ClFN2O3/c1-15(2)14-31-22-9-4-3-8-19(22)24(30)28-17-7-5-6-16(12-17)23(29)27-18-10-11-21(26)20(25)13-18/h3-13,15H,14H2,1-2H3,(H,27,29)(H,28,30). The van der Waals surface area contributed by atoms with Crippen LogP contribution in [0.4, 0.5) is 15.8 Å². The molecule has 3 aromatic rings. The Hall–Kier alpha value is -3.38. The van der Waals surface area contributed by atoms with Crippen LogP contribution in [-0.2, 0) is 0 Å². The molecule has 0 heterocycles. The Morgan fingerprint density at radius 2 is 1.65 bits per heavy atom. The Bertz CT molecular complexity index is 1100. The lowest BCUT2D eigenvalue weighted by Crippen LogP contribution is -2.16. The molecule has 0 saturated carbocycles. The SMILES string of the molecule is CC(C)COc1ccccc1C(=O)Nc1cccc(C(=O)Nc2ccc(F)c(Cl)c2)c1. The minimum atomic E-state index is -0.568. The number of nitrogens with one attached hydrogen (secondary N) is 2. The monoisotopic (exact) mass is 440 g/mol. The minimum Gasteiger partial charge on any atom is -0.492 e. The van der Waals surface area contributed by atoms with Gasteiger partial charge in [0.15, 0.2) is 0 Å². The van der Waals surface area contributed by atoms with E-state index in [-0.39, 0.29) is 10.9 Å². The third kappa shape index (κ3) is 6.06. The predicted octanol–water partition coefficient (Wildman–Crippen LogP) is 6.02. The van der Waals surface area contributed by atoms with Gasteiger partial charge in [0.05, 0.1) is 17.2 Å². The van der Waals surface area contributed by atoms with Gasteiger partial charge in [-0.05, 0) is 54.4 Å². The van der Waals surface area contributed by atoms with Gasteiger partial charge in [0.2, 0.25) is 0 Å². The molecule has 160 valence electrons. The molecule has 2 amide bonds. The van der Waals surface area contributed by atoms with Gasteiger partial charge >= 0.3 is 0 Å². The molecule has 5 nitrogen and oxygen atoms in total. The molecule has 0 aliphatic rings. The van der Waals surface area contributed by atoms with Crippen molar-refractivity contribution < 1.29 is 18.7 Å². The van der Waals surface area contributed by atoms with Crippen molar-refractivity contribution in [2.24, 2.45) is 5.92 Å². The number of ether oxygens (including phenoxy) is 1. The fourth-order valence-electron chi connectivity index (χ4n) is 2.75. The van der Waals surface area contributed by atoms with Crippen LogP contribution in [-0.4, -0.2) is 18.4 Å². The molecule has 0 radical (unpaired) electrons. The van der Waals surface area contributed by atoms with E-state index in [2.05, 4.69) is 10.6 Å². The van der Waals surface area contributed by atoms with E-state index in [4.69, 9.17) is 16.3 Å². The van der Waals surface area contributed by atoms with Crippen molar-refractivity contribution in [3.63, 3.8) is 0 Å². The van der Waals surface area contributed by atoms with Gasteiger partial charge in [0, 0.05) is 16.9 Å². The Morgan fingerprint density at radius 3 is 2.39 bits per heavy atom. The number of carbonyl (C=O) groups is 2. The maximum atomic E-state index is 13.3. The van der Waals surface area contributed by atoms with E-state index in [1.54, 1.807) is 48.5 Å². The van der Waals surface area contributed by atoms with Crippen molar-refractivity contribution in [3.8, 4) is 5.75 Å². The lowest BCUT2D eigenvalue weighted by atomic mass is 10.1. The number of halogens is 2. The number of amides is 2. The van der Waals surface area contributed by atoms with Gasteiger partial charge < -0.3 is 15.4 Å². The molecule has 0 aliphatic carbocycles. The van der Waals surface area contributed by atoms with Gasteiger partial charge in [-0.25, -0.2) is 4.39 Å². The van der Waals surface area contributed by atoms with Gasteiger partial charge in [-0.15, -0.1) is 0 Å². The second-order valence-corrected chi connectivity index (χ2v) is 7.73. The Labute approximate surface area is 185 Å². The van der Waals surface area contributed by atoms with Crippen LogP contribution in [0.15, 0.2) is 66.7 Å². The molecule has 3 rings (SSSR count). The maximum absolute atomic E-state index is 13.3. The summed E-state index contributed by atoms with van der Waals surface area (Å²) in [5.41, 5.74) is 1.54. The van der Waals surface area contributed by atoms with E-state index < -0.39 is 11.7 Å². The molecule has 0 spiro atoms.